The van der Waals surface area contributed by atoms with Crippen molar-refractivity contribution in [3.63, 3.8) is 0 Å². The van der Waals surface area contributed by atoms with Crippen molar-refractivity contribution in [3.05, 3.63) is 64.5 Å². The zero-order valence-corrected chi connectivity index (χ0v) is 22.3. The quantitative estimate of drug-likeness (QED) is 0.371. The Balaban J connectivity index is 1.32. The molecule has 1 saturated heterocycles. The topological polar surface area (TPSA) is 90.5 Å². The molecule has 5 rings (SSSR count). The van der Waals surface area contributed by atoms with Gasteiger partial charge < -0.3 is 19.4 Å². The highest BCUT2D eigenvalue weighted by Gasteiger charge is 2.23. The molecule has 4 heterocycles. The van der Waals surface area contributed by atoms with Crippen LogP contribution in [-0.2, 0) is 0 Å². The minimum Gasteiger partial charge on any atom is -0.486 e. The van der Waals surface area contributed by atoms with Gasteiger partial charge in [0.25, 0.3) is 0 Å². The first-order valence-electron chi connectivity index (χ1n) is 11.9. The van der Waals surface area contributed by atoms with E-state index >= 15 is 0 Å². The van der Waals surface area contributed by atoms with Crippen LogP contribution in [0.25, 0.3) is 22.2 Å². The molecule has 1 aliphatic rings. The summed E-state index contributed by atoms with van der Waals surface area (Å²) in [6.07, 6.45) is 4.57. The molecule has 0 bridgehead atoms. The van der Waals surface area contributed by atoms with E-state index in [-0.39, 0.29) is 12.1 Å². The number of anilines is 1. The number of halogens is 2. The third-order valence-electron chi connectivity index (χ3n) is 6.42. The standard InChI is InChI=1S/C26H27Cl2N7O2/c1-16(24-20(27)14-29-15-21(24)28)37-18-5-6-22-19(12-18)25(32-31-22)17-4-7-23(30-13-17)34-8-10-35(11-9-34)26(36)33(2)3/h4-7,12-16H,8-11H2,1-3H3,(H,31,32)/t16-/m1/s1. The molecule has 1 atom stereocenters. The summed E-state index contributed by atoms with van der Waals surface area (Å²) in [5, 5.41) is 9.45. The molecule has 2 amide bonds. The number of aromatic amines is 1. The summed E-state index contributed by atoms with van der Waals surface area (Å²) in [6, 6.07) is 9.81. The normalized spacial score (nSPS) is 14.6. The van der Waals surface area contributed by atoms with E-state index in [0.29, 0.717) is 34.4 Å². The first-order chi connectivity index (χ1) is 17.8. The smallest absolute Gasteiger partial charge is 0.319 e. The number of pyridine rings is 2. The number of urea groups is 1. The third-order valence-corrected chi connectivity index (χ3v) is 7.02. The SMILES string of the molecule is C[C@@H](Oc1ccc2[nH]nc(-c3ccc(N4CCN(C(=O)N(C)C)CC4)nc3)c2c1)c1c(Cl)cncc1Cl. The summed E-state index contributed by atoms with van der Waals surface area (Å²) < 4.78 is 6.18. The van der Waals surface area contributed by atoms with Gasteiger partial charge in [0.2, 0.25) is 0 Å². The number of hydrogen-bond acceptors (Lipinski definition) is 6. The van der Waals surface area contributed by atoms with Gasteiger partial charge in [-0.25, -0.2) is 9.78 Å². The van der Waals surface area contributed by atoms with Crippen molar-refractivity contribution in [3.8, 4) is 17.0 Å². The Morgan fingerprint density at radius 2 is 1.78 bits per heavy atom. The zero-order valence-electron chi connectivity index (χ0n) is 20.8. The maximum absolute atomic E-state index is 12.2. The van der Waals surface area contributed by atoms with E-state index in [4.69, 9.17) is 32.9 Å². The second kappa shape index (κ2) is 10.4. The number of hydrogen-bond donors (Lipinski definition) is 1. The van der Waals surface area contributed by atoms with Crippen LogP contribution in [0.3, 0.4) is 0 Å². The van der Waals surface area contributed by atoms with E-state index < -0.39 is 0 Å². The lowest BCUT2D eigenvalue weighted by Gasteiger charge is -2.36. The lowest BCUT2D eigenvalue weighted by molar-refractivity contribution is 0.168. The number of carbonyl (C=O) groups excluding carboxylic acids is 1. The van der Waals surface area contributed by atoms with Crippen LogP contribution >= 0.6 is 23.2 Å². The second-order valence-electron chi connectivity index (χ2n) is 9.11. The van der Waals surface area contributed by atoms with Gasteiger partial charge in [0.05, 0.1) is 15.6 Å². The number of carbonyl (C=O) groups is 1. The van der Waals surface area contributed by atoms with E-state index in [1.165, 1.54) is 0 Å². The van der Waals surface area contributed by atoms with Gasteiger partial charge in [-0.3, -0.25) is 10.1 Å². The van der Waals surface area contributed by atoms with Gasteiger partial charge in [0.15, 0.2) is 0 Å². The van der Waals surface area contributed by atoms with E-state index in [9.17, 15) is 4.79 Å². The summed E-state index contributed by atoms with van der Waals surface area (Å²) in [7, 11) is 3.55. The van der Waals surface area contributed by atoms with Crippen molar-refractivity contribution in [2.75, 3.05) is 45.2 Å². The summed E-state index contributed by atoms with van der Waals surface area (Å²) in [6.45, 7) is 4.71. The van der Waals surface area contributed by atoms with Crippen molar-refractivity contribution < 1.29 is 9.53 Å². The Kier molecular flexibility index (Phi) is 7.08. The molecule has 37 heavy (non-hydrogen) atoms. The van der Waals surface area contributed by atoms with Gasteiger partial charge >= 0.3 is 6.03 Å². The van der Waals surface area contributed by atoms with Crippen LogP contribution in [0.1, 0.15) is 18.6 Å². The van der Waals surface area contributed by atoms with Crippen molar-refractivity contribution in [1.82, 2.24) is 30.0 Å². The van der Waals surface area contributed by atoms with Crippen molar-refractivity contribution in [1.29, 1.82) is 0 Å². The van der Waals surface area contributed by atoms with Gasteiger partial charge in [-0.1, -0.05) is 23.2 Å². The van der Waals surface area contributed by atoms with Crippen LogP contribution < -0.4 is 9.64 Å². The predicted octanol–water partition coefficient (Wildman–Crippen LogP) is 5.27. The maximum Gasteiger partial charge on any atom is 0.319 e. The van der Waals surface area contributed by atoms with Crippen LogP contribution in [-0.4, -0.2) is 76.3 Å². The van der Waals surface area contributed by atoms with E-state index in [2.05, 4.69) is 20.1 Å². The molecule has 0 radical (unpaired) electrons. The Morgan fingerprint density at radius 1 is 1.05 bits per heavy atom. The number of piperazine rings is 1. The number of benzene rings is 1. The van der Waals surface area contributed by atoms with Crippen LogP contribution in [0.4, 0.5) is 10.6 Å². The second-order valence-corrected chi connectivity index (χ2v) is 9.93. The molecule has 0 saturated carbocycles. The summed E-state index contributed by atoms with van der Waals surface area (Å²) in [4.78, 5) is 26.5. The first kappa shape index (κ1) is 25.1. The molecule has 0 aliphatic carbocycles. The molecule has 11 heteroatoms. The Morgan fingerprint density at radius 3 is 2.43 bits per heavy atom. The Bertz CT molecular complexity index is 1400. The molecule has 1 aliphatic heterocycles. The van der Waals surface area contributed by atoms with Gasteiger partial charge in [-0.05, 0) is 37.3 Å². The molecule has 1 fully saturated rings. The fourth-order valence-corrected chi connectivity index (χ4v) is 5.15. The van der Waals surface area contributed by atoms with E-state index in [1.54, 1.807) is 31.4 Å². The number of nitrogens with one attached hydrogen (secondary N) is 1. The molecule has 1 N–H and O–H groups in total. The molecule has 0 spiro atoms. The van der Waals surface area contributed by atoms with E-state index in [1.807, 2.05) is 48.4 Å². The van der Waals surface area contributed by atoms with E-state index in [0.717, 1.165) is 41.1 Å². The van der Waals surface area contributed by atoms with Gasteiger partial charge in [0, 0.05) is 75.4 Å². The van der Waals surface area contributed by atoms with Crippen LogP contribution in [0.15, 0.2) is 48.9 Å². The van der Waals surface area contributed by atoms with Gasteiger partial charge in [-0.2, -0.15) is 5.10 Å². The third kappa shape index (κ3) is 5.14. The fraction of sp³-hybridized carbons (Fsp3) is 0.308. The van der Waals surface area contributed by atoms with Crippen molar-refractivity contribution in [2.45, 2.75) is 13.0 Å². The van der Waals surface area contributed by atoms with Crippen molar-refractivity contribution >= 4 is 46.0 Å². The molecule has 3 aromatic heterocycles. The van der Waals surface area contributed by atoms with Crippen LogP contribution in [0.2, 0.25) is 10.0 Å². The number of rotatable bonds is 5. The summed E-state index contributed by atoms with van der Waals surface area (Å²) >= 11 is 12.6. The van der Waals surface area contributed by atoms with Crippen molar-refractivity contribution in [2.24, 2.45) is 0 Å². The molecule has 0 unspecified atom stereocenters. The highest BCUT2D eigenvalue weighted by atomic mass is 35.5. The van der Waals surface area contributed by atoms with Gasteiger partial charge in [-0.15, -0.1) is 0 Å². The number of ether oxygens (including phenoxy) is 1. The first-order valence-corrected chi connectivity index (χ1v) is 12.7. The van der Waals surface area contributed by atoms with Gasteiger partial charge in [0.1, 0.15) is 23.4 Å². The Hall–Kier alpha value is -3.56. The lowest BCUT2D eigenvalue weighted by Crippen LogP contribution is -2.51. The Labute approximate surface area is 225 Å². The minimum absolute atomic E-state index is 0.0399. The predicted molar refractivity (Wildman–Crippen MR) is 145 cm³/mol. The maximum atomic E-state index is 12.2. The number of aromatic nitrogens is 4. The average molecular weight is 540 g/mol. The molecule has 1 aromatic carbocycles. The molecule has 9 nitrogen and oxygen atoms in total. The monoisotopic (exact) mass is 539 g/mol. The van der Waals surface area contributed by atoms with Crippen LogP contribution in [0.5, 0.6) is 5.75 Å². The molecular formula is C26H27Cl2N7O2. The average Bonchev–Trinajstić information content (AvgIpc) is 3.31. The lowest BCUT2D eigenvalue weighted by atomic mass is 10.1. The fourth-order valence-electron chi connectivity index (χ4n) is 4.48. The molecular weight excluding hydrogens is 513 g/mol. The van der Waals surface area contributed by atoms with Crippen LogP contribution in [0, 0.1) is 0 Å². The number of fused-ring (bicyclic) bond motifs is 1. The molecule has 4 aromatic rings. The molecule has 192 valence electrons. The largest absolute Gasteiger partial charge is 0.486 e. The zero-order chi connectivity index (χ0) is 26.1. The number of amides is 2. The number of H-pyrrole nitrogens is 1. The number of nitrogens with zero attached hydrogens (tertiary/aromatic N) is 6. The summed E-state index contributed by atoms with van der Waals surface area (Å²) in [5.74, 6) is 1.55. The highest BCUT2D eigenvalue weighted by molar-refractivity contribution is 6.35. The highest BCUT2D eigenvalue weighted by Crippen LogP contribution is 2.35. The summed E-state index contributed by atoms with van der Waals surface area (Å²) in [5.41, 5.74) is 3.26. The minimum atomic E-state index is -0.370.